The highest BCUT2D eigenvalue weighted by Gasteiger charge is 2.43. The Morgan fingerprint density at radius 1 is 0.623 bits per heavy atom. The lowest BCUT2D eigenvalue weighted by Gasteiger charge is -2.39. The van der Waals surface area contributed by atoms with Gasteiger partial charge < -0.3 is 30.1 Å². The quantitative estimate of drug-likeness (QED) is 0.0313. The van der Waals surface area contributed by atoms with Crippen LogP contribution in [0.2, 0.25) is 0 Å². The van der Waals surface area contributed by atoms with Crippen molar-refractivity contribution in [1.82, 2.24) is 4.90 Å². The number of aliphatic carboxylic acids is 1. The zero-order valence-corrected chi connectivity index (χ0v) is 35.2. The molecule has 2 fully saturated rings. The van der Waals surface area contributed by atoms with Gasteiger partial charge in [-0.25, -0.2) is 0 Å². The van der Waals surface area contributed by atoms with E-state index in [4.69, 9.17) is 20.1 Å². The minimum absolute atomic E-state index is 0.0228. The first-order valence-corrected chi connectivity index (χ1v) is 22.8. The number of esters is 1. The molecule has 1 aliphatic carbocycles. The van der Waals surface area contributed by atoms with E-state index in [-0.39, 0.29) is 30.3 Å². The summed E-state index contributed by atoms with van der Waals surface area (Å²) in [5.74, 6) is -3.08. The van der Waals surface area contributed by atoms with Gasteiger partial charge in [-0.05, 0) is 89.3 Å². The van der Waals surface area contributed by atoms with Gasteiger partial charge in [0.15, 0.2) is 0 Å². The van der Waals surface area contributed by atoms with Gasteiger partial charge in [0.2, 0.25) is 0 Å². The van der Waals surface area contributed by atoms with Crippen LogP contribution < -0.4 is 0 Å². The molecule has 1 saturated carbocycles. The van der Waals surface area contributed by atoms with Gasteiger partial charge >= 0.3 is 11.9 Å². The topological polar surface area (TPSA) is 128 Å². The highest BCUT2D eigenvalue weighted by Crippen LogP contribution is 2.47. The van der Waals surface area contributed by atoms with Gasteiger partial charge in [-0.2, -0.15) is 0 Å². The Hall–Kier alpha value is -1.22. The number of unbranched alkanes of at least 4 members (excludes halogenated alkanes) is 16. The van der Waals surface area contributed by atoms with E-state index in [0.29, 0.717) is 11.8 Å². The third-order valence-corrected chi connectivity index (χ3v) is 12.2. The maximum atomic E-state index is 13.2. The second-order valence-electron chi connectivity index (χ2n) is 17.1. The van der Waals surface area contributed by atoms with Gasteiger partial charge in [0.05, 0.1) is 11.8 Å². The number of carboxylic acid groups (broad SMARTS) is 1. The summed E-state index contributed by atoms with van der Waals surface area (Å²) in [5.41, 5.74) is 0.298. The van der Waals surface area contributed by atoms with Crippen molar-refractivity contribution in [3.05, 3.63) is 0 Å². The smallest absolute Gasteiger partial charge is 0.309 e. The zero-order chi connectivity index (χ0) is 39.2. The molecule has 0 aromatic rings. The van der Waals surface area contributed by atoms with Crippen molar-refractivity contribution in [2.75, 3.05) is 19.6 Å². The van der Waals surface area contributed by atoms with Crippen molar-refractivity contribution in [3.63, 3.8) is 0 Å². The van der Waals surface area contributed by atoms with E-state index in [9.17, 15) is 14.7 Å². The number of ether oxygens (including phenoxy) is 1. The molecule has 2 aliphatic rings. The first-order valence-electron chi connectivity index (χ1n) is 22.8. The monoisotopic (exact) mass is 754 g/mol. The molecule has 2 rings (SSSR count). The average molecular weight is 754 g/mol. The average Bonchev–Trinajstić information content (AvgIpc) is 3.51. The Kier molecular flexibility index (Phi) is 29.1. The maximum absolute atomic E-state index is 13.2. The number of carbonyl (C=O) groups excluding carboxylic acids is 1. The third kappa shape index (κ3) is 25.5. The highest BCUT2D eigenvalue weighted by molar-refractivity contribution is 5.72. The maximum Gasteiger partial charge on any atom is 0.309 e. The van der Waals surface area contributed by atoms with Crippen LogP contribution >= 0.6 is 0 Å². The molecule has 8 heteroatoms. The number of hydrogen-bond acceptors (Lipinski definition) is 7. The van der Waals surface area contributed by atoms with Crippen LogP contribution in [0.3, 0.4) is 0 Å². The van der Waals surface area contributed by atoms with E-state index in [1.54, 1.807) is 0 Å². The predicted octanol–water partition coefficient (Wildman–Crippen LogP) is 11.3. The Labute approximate surface area is 326 Å². The zero-order valence-electron chi connectivity index (χ0n) is 35.2. The van der Waals surface area contributed by atoms with Crippen molar-refractivity contribution in [2.45, 2.75) is 239 Å². The molecule has 314 valence electrons. The summed E-state index contributed by atoms with van der Waals surface area (Å²) in [4.78, 5) is 26.6. The van der Waals surface area contributed by atoms with Gasteiger partial charge in [0.25, 0.3) is 5.97 Å². The molecule has 1 spiro atoms. The third-order valence-electron chi connectivity index (χ3n) is 12.2. The molecular weight excluding hydrogens is 666 g/mol. The number of piperidine rings is 1. The number of carboxylic acids is 1. The SMILES string of the molecule is CCCCCCCCC(CCCCCC)C(=O)O.CCCCCCCCC(CCCCCC)C(=O)OC1CCC2(CCN(CCCC(O)(O)O)CC2)C1. The number of hydrogen-bond donors (Lipinski definition) is 4. The lowest BCUT2D eigenvalue weighted by atomic mass is 9.77. The second kappa shape index (κ2) is 30.9. The molecule has 8 nitrogen and oxygen atoms in total. The van der Waals surface area contributed by atoms with Crippen molar-refractivity contribution in [1.29, 1.82) is 0 Å². The molecule has 1 heterocycles. The Morgan fingerprint density at radius 2 is 1.04 bits per heavy atom. The summed E-state index contributed by atoms with van der Waals surface area (Å²) in [6, 6.07) is 0. The summed E-state index contributed by atoms with van der Waals surface area (Å²) < 4.78 is 6.15. The first-order chi connectivity index (χ1) is 25.5. The molecule has 0 amide bonds. The van der Waals surface area contributed by atoms with E-state index in [1.165, 1.54) is 103 Å². The molecule has 0 radical (unpaired) electrons. The van der Waals surface area contributed by atoms with E-state index in [0.717, 1.165) is 103 Å². The minimum atomic E-state index is -2.55. The number of aliphatic hydroxyl groups is 3. The van der Waals surface area contributed by atoms with Crippen molar-refractivity contribution in [3.8, 4) is 0 Å². The van der Waals surface area contributed by atoms with Crippen molar-refractivity contribution < 1.29 is 34.8 Å². The van der Waals surface area contributed by atoms with Crippen LogP contribution in [0, 0.1) is 17.3 Å². The van der Waals surface area contributed by atoms with E-state index in [2.05, 4.69) is 32.6 Å². The molecule has 1 aliphatic heterocycles. The van der Waals surface area contributed by atoms with E-state index >= 15 is 0 Å². The van der Waals surface area contributed by atoms with Crippen molar-refractivity contribution >= 4 is 11.9 Å². The van der Waals surface area contributed by atoms with Gasteiger partial charge in [0, 0.05) is 6.42 Å². The summed E-state index contributed by atoms with van der Waals surface area (Å²) in [6.07, 6.45) is 34.3. The number of rotatable bonds is 31. The fourth-order valence-corrected chi connectivity index (χ4v) is 8.51. The largest absolute Gasteiger partial charge is 0.481 e. The molecule has 4 N–H and O–H groups in total. The van der Waals surface area contributed by atoms with Crippen LogP contribution in [0.1, 0.15) is 227 Å². The minimum Gasteiger partial charge on any atom is -0.481 e. The van der Waals surface area contributed by atoms with Gasteiger partial charge in [-0.15, -0.1) is 0 Å². The first kappa shape index (κ1) is 49.8. The predicted molar refractivity (Wildman–Crippen MR) is 219 cm³/mol. The Bertz CT molecular complexity index is 883. The van der Waals surface area contributed by atoms with Gasteiger partial charge in [-0.3, -0.25) is 9.59 Å². The van der Waals surface area contributed by atoms with Crippen LogP contribution in [0.15, 0.2) is 0 Å². The number of carbonyl (C=O) groups is 2. The summed E-state index contributed by atoms with van der Waals surface area (Å²) in [5, 5.41) is 36.4. The molecule has 1 saturated heterocycles. The Balaban J connectivity index is 0.000000659. The molecule has 53 heavy (non-hydrogen) atoms. The molecule has 0 aromatic carbocycles. The van der Waals surface area contributed by atoms with Crippen LogP contribution in [0.25, 0.3) is 0 Å². The van der Waals surface area contributed by atoms with Crippen LogP contribution in [-0.4, -0.2) is 69.0 Å². The van der Waals surface area contributed by atoms with Crippen LogP contribution in [0.4, 0.5) is 0 Å². The Morgan fingerprint density at radius 3 is 1.47 bits per heavy atom. The number of likely N-dealkylation sites (tertiary alicyclic amines) is 1. The summed E-state index contributed by atoms with van der Waals surface area (Å²) >= 11 is 0. The molecule has 3 atom stereocenters. The normalized spacial score (nSPS) is 18.4. The summed E-state index contributed by atoms with van der Waals surface area (Å²) in [6.45, 7) is 11.6. The highest BCUT2D eigenvalue weighted by atomic mass is 16.7. The lowest BCUT2D eigenvalue weighted by Crippen LogP contribution is -2.40. The molecule has 0 bridgehead atoms. The van der Waals surface area contributed by atoms with Crippen LogP contribution in [-0.2, 0) is 14.3 Å². The summed E-state index contributed by atoms with van der Waals surface area (Å²) in [7, 11) is 0. The molecular formula is C45H87NO7. The molecule has 3 unspecified atom stereocenters. The van der Waals surface area contributed by atoms with Crippen molar-refractivity contribution in [2.24, 2.45) is 17.3 Å². The van der Waals surface area contributed by atoms with Gasteiger partial charge in [-0.1, -0.05) is 156 Å². The fraction of sp³-hybridized carbons (Fsp3) is 0.956. The van der Waals surface area contributed by atoms with E-state index in [1.807, 2.05) is 0 Å². The lowest BCUT2D eigenvalue weighted by molar-refractivity contribution is -0.315. The van der Waals surface area contributed by atoms with Gasteiger partial charge in [0.1, 0.15) is 6.10 Å². The van der Waals surface area contributed by atoms with Crippen LogP contribution in [0.5, 0.6) is 0 Å². The van der Waals surface area contributed by atoms with E-state index < -0.39 is 11.9 Å². The fourth-order valence-electron chi connectivity index (χ4n) is 8.51. The molecule has 0 aromatic heterocycles. The standard InChI is InChI=1S/C29H55NO5.C16H32O2/c1-3-5-7-9-10-12-15-25(14-11-8-6-4-2)27(31)35-26-16-18-28(24-26)19-22-30(23-20-28)21-13-17-29(32,33)34;1-3-5-7-9-10-12-14-15(16(17)18)13-11-8-6-4-2/h25-26,32-34H,3-24H2,1-2H3;15H,3-14H2,1-2H3,(H,17,18). The second-order valence-corrected chi connectivity index (χ2v) is 17.1. The number of nitrogens with zero attached hydrogens (tertiary/aromatic N) is 1.